The molecule has 31 heavy (non-hydrogen) atoms. The Kier molecular flexibility index (Phi) is 6.92. The van der Waals surface area contributed by atoms with Gasteiger partial charge in [0.25, 0.3) is 0 Å². The van der Waals surface area contributed by atoms with Crippen LogP contribution in [-0.2, 0) is 21.2 Å². The lowest BCUT2D eigenvalue weighted by molar-refractivity contribution is -0.115. The molecule has 0 aliphatic heterocycles. The van der Waals surface area contributed by atoms with Crippen LogP contribution in [-0.4, -0.2) is 36.7 Å². The van der Waals surface area contributed by atoms with Crippen LogP contribution in [0.25, 0.3) is 11.5 Å². The number of anilines is 1. The van der Waals surface area contributed by atoms with Gasteiger partial charge in [-0.2, -0.15) is 4.31 Å². The molecular weight excluding hydrogens is 414 g/mol. The van der Waals surface area contributed by atoms with Gasteiger partial charge in [-0.05, 0) is 49.2 Å². The summed E-state index contributed by atoms with van der Waals surface area (Å²) in [4.78, 5) is 17.2. The molecule has 3 rings (SSSR count). The zero-order chi connectivity index (χ0) is 22.6. The maximum absolute atomic E-state index is 12.9. The summed E-state index contributed by atoms with van der Waals surface area (Å²) in [6.45, 7) is 8.03. The summed E-state index contributed by atoms with van der Waals surface area (Å²) < 4.78 is 32.7. The van der Waals surface area contributed by atoms with Crippen molar-refractivity contribution in [1.82, 2.24) is 9.29 Å². The van der Waals surface area contributed by atoms with E-state index in [9.17, 15) is 13.2 Å². The van der Waals surface area contributed by atoms with Crippen molar-refractivity contribution in [1.29, 1.82) is 0 Å². The van der Waals surface area contributed by atoms with Crippen LogP contribution >= 0.6 is 0 Å². The molecule has 8 heteroatoms. The highest BCUT2D eigenvalue weighted by molar-refractivity contribution is 7.89. The minimum Gasteiger partial charge on any atom is -0.444 e. The van der Waals surface area contributed by atoms with Crippen LogP contribution < -0.4 is 5.32 Å². The lowest BCUT2D eigenvalue weighted by Gasteiger charge is -2.20. The molecular formula is C23H27N3O4S. The molecule has 0 atom stereocenters. The van der Waals surface area contributed by atoms with Gasteiger partial charge in [-0.25, -0.2) is 13.4 Å². The van der Waals surface area contributed by atoms with Crippen molar-refractivity contribution in [3.8, 4) is 11.5 Å². The third kappa shape index (κ3) is 5.03. The fourth-order valence-corrected chi connectivity index (χ4v) is 4.85. The Morgan fingerprint density at radius 2 is 1.77 bits per heavy atom. The zero-order valence-electron chi connectivity index (χ0n) is 18.2. The molecule has 164 valence electrons. The van der Waals surface area contributed by atoms with E-state index < -0.39 is 10.0 Å². The number of oxazole rings is 1. The van der Waals surface area contributed by atoms with Crippen molar-refractivity contribution in [3.05, 3.63) is 65.5 Å². The Labute approximate surface area is 183 Å². The van der Waals surface area contributed by atoms with Gasteiger partial charge in [-0.15, -0.1) is 0 Å². The monoisotopic (exact) mass is 441 g/mol. The van der Waals surface area contributed by atoms with E-state index in [1.165, 1.54) is 16.6 Å². The molecule has 2 aromatic carbocycles. The molecule has 0 saturated heterocycles. The Morgan fingerprint density at radius 3 is 2.42 bits per heavy atom. The van der Waals surface area contributed by atoms with Crippen molar-refractivity contribution in [3.63, 3.8) is 0 Å². The Hall–Kier alpha value is -2.97. The fourth-order valence-electron chi connectivity index (χ4n) is 3.28. The van der Waals surface area contributed by atoms with Gasteiger partial charge in [0.15, 0.2) is 0 Å². The molecule has 0 aliphatic carbocycles. The molecule has 0 fully saturated rings. The summed E-state index contributed by atoms with van der Waals surface area (Å²) >= 11 is 0. The van der Waals surface area contributed by atoms with Crippen LogP contribution in [0.5, 0.6) is 0 Å². The van der Waals surface area contributed by atoms with Gasteiger partial charge in [0.2, 0.25) is 21.8 Å². The van der Waals surface area contributed by atoms with Crippen LogP contribution in [0.15, 0.2) is 58.0 Å². The van der Waals surface area contributed by atoms with E-state index >= 15 is 0 Å². The Morgan fingerprint density at radius 1 is 1.10 bits per heavy atom. The first-order valence-corrected chi connectivity index (χ1v) is 11.6. The number of rotatable bonds is 8. The number of carbonyl (C=O) groups excluding carboxylic acids is 1. The average molecular weight is 442 g/mol. The molecule has 1 aromatic heterocycles. The summed E-state index contributed by atoms with van der Waals surface area (Å²) in [7, 11) is -3.63. The van der Waals surface area contributed by atoms with Gasteiger partial charge in [0.1, 0.15) is 6.26 Å². The zero-order valence-corrected chi connectivity index (χ0v) is 19.0. The van der Waals surface area contributed by atoms with Gasteiger partial charge in [0.05, 0.1) is 17.0 Å². The molecule has 1 N–H and O–H groups in total. The van der Waals surface area contributed by atoms with Crippen molar-refractivity contribution >= 4 is 21.6 Å². The largest absolute Gasteiger partial charge is 0.444 e. The molecule has 1 heterocycles. The van der Waals surface area contributed by atoms with E-state index in [4.69, 9.17) is 4.42 Å². The molecule has 0 radical (unpaired) electrons. The average Bonchev–Trinajstić information content (AvgIpc) is 3.20. The van der Waals surface area contributed by atoms with E-state index in [0.29, 0.717) is 30.4 Å². The lowest BCUT2D eigenvalue weighted by Crippen LogP contribution is -2.30. The molecule has 1 amide bonds. The number of carbonyl (C=O) groups is 1. The number of nitrogens with zero attached hydrogens (tertiary/aromatic N) is 2. The van der Waals surface area contributed by atoms with Gasteiger partial charge in [-0.1, -0.05) is 32.0 Å². The van der Waals surface area contributed by atoms with Crippen LogP contribution in [0.1, 0.15) is 30.7 Å². The molecule has 0 unspecified atom stereocenters. The molecule has 3 aromatic rings. The SMILES string of the molecule is CCN(CC)S(=O)(=O)c1cc(C)c(C)c(NC(=O)Cc2coc(-c3ccccc3)n2)c1. The second-order valence-electron chi connectivity index (χ2n) is 7.24. The standard InChI is InChI=1S/C23H27N3O4S/c1-5-26(6-2)31(28,29)20-12-16(3)17(4)21(14-20)25-22(27)13-19-15-30-23(24-19)18-10-8-7-9-11-18/h7-12,14-15H,5-6,13H2,1-4H3,(H,25,27). The summed E-state index contributed by atoms with van der Waals surface area (Å²) in [5.41, 5.74) is 3.41. The highest BCUT2D eigenvalue weighted by atomic mass is 32.2. The first-order valence-electron chi connectivity index (χ1n) is 10.2. The van der Waals surface area contributed by atoms with Crippen molar-refractivity contribution in [2.24, 2.45) is 0 Å². The van der Waals surface area contributed by atoms with Crippen LogP contribution in [0.4, 0.5) is 5.69 Å². The van der Waals surface area contributed by atoms with E-state index in [2.05, 4.69) is 10.3 Å². The Bertz CT molecular complexity index is 1170. The van der Waals surface area contributed by atoms with Gasteiger partial charge < -0.3 is 9.73 Å². The summed E-state index contributed by atoms with van der Waals surface area (Å²) in [5, 5.41) is 2.83. The van der Waals surface area contributed by atoms with E-state index in [1.54, 1.807) is 19.9 Å². The second kappa shape index (κ2) is 9.45. The van der Waals surface area contributed by atoms with Crippen LogP contribution in [0, 0.1) is 13.8 Å². The predicted octanol–water partition coefficient (Wildman–Crippen LogP) is 4.17. The number of aromatic nitrogens is 1. The smallest absolute Gasteiger partial charge is 0.243 e. The number of aryl methyl sites for hydroxylation is 1. The lowest BCUT2D eigenvalue weighted by atomic mass is 10.1. The quantitative estimate of drug-likeness (QED) is 0.566. The highest BCUT2D eigenvalue weighted by Gasteiger charge is 2.23. The first-order chi connectivity index (χ1) is 14.8. The first kappa shape index (κ1) is 22.7. The third-order valence-corrected chi connectivity index (χ3v) is 7.20. The molecule has 7 nitrogen and oxygen atoms in total. The van der Waals surface area contributed by atoms with Crippen molar-refractivity contribution in [2.75, 3.05) is 18.4 Å². The summed E-state index contributed by atoms with van der Waals surface area (Å²) in [6, 6.07) is 12.6. The van der Waals surface area contributed by atoms with Gasteiger partial charge in [0, 0.05) is 24.3 Å². The molecule has 0 aliphatic rings. The third-order valence-electron chi connectivity index (χ3n) is 5.17. The molecule has 0 bridgehead atoms. The topological polar surface area (TPSA) is 92.5 Å². The Balaban J connectivity index is 1.80. The van der Waals surface area contributed by atoms with E-state index in [1.807, 2.05) is 44.2 Å². The number of hydrogen-bond donors (Lipinski definition) is 1. The van der Waals surface area contributed by atoms with Crippen molar-refractivity contribution < 1.29 is 17.6 Å². The van der Waals surface area contributed by atoms with Crippen LogP contribution in [0.3, 0.4) is 0 Å². The number of benzene rings is 2. The predicted molar refractivity (Wildman–Crippen MR) is 120 cm³/mol. The minimum absolute atomic E-state index is 0.0157. The van der Waals surface area contributed by atoms with E-state index in [0.717, 1.165) is 16.7 Å². The number of sulfonamides is 1. The van der Waals surface area contributed by atoms with Gasteiger partial charge >= 0.3 is 0 Å². The summed E-state index contributed by atoms with van der Waals surface area (Å²) in [5.74, 6) is 0.149. The van der Waals surface area contributed by atoms with Crippen LogP contribution in [0.2, 0.25) is 0 Å². The number of amides is 1. The van der Waals surface area contributed by atoms with Gasteiger partial charge in [-0.3, -0.25) is 4.79 Å². The molecule has 0 spiro atoms. The fraction of sp³-hybridized carbons (Fsp3) is 0.304. The number of nitrogens with one attached hydrogen (secondary N) is 1. The maximum Gasteiger partial charge on any atom is 0.243 e. The number of hydrogen-bond acceptors (Lipinski definition) is 5. The second-order valence-corrected chi connectivity index (χ2v) is 9.17. The van der Waals surface area contributed by atoms with Crippen molar-refractivity contribution in [2.45, 2.75) is 39.0 Å². The maximum atomic E-state index is 12.9. The summed E-state index contributed by atoms with van der Waals surface area (Å²) in [6.07, 6.45) is 1.48. The van der Waals surface area contributed by atoms with E-state index in [-0.39, 0.29) is 17.2 Å². The molecule has 0 saturated carbocycles. The highest BCUT2D eigenvalue weighted by Crippen LogP contribution is 2.26. The normalized spacial score (nSPS) is 11.6. The minimum atomic E-state index is -3.63.